The van der Waals surface area contributed by atoms with Gasteiger partial charge >= 0.3 is 0 Å². The van der Waals surface area contributed by atoms with E-state index in [0.717, 1.165) is 36.3 Å². The maximum atomic E-state index is 11.2. The Morgan fingerprint density at radius 1 is 1.41 bits per heavy atom. The summed E-state index contributed by atoms with van der Waals surface area (Å²) in [6.07, 6.45) is 0.576. The summed E-state index contributed by atoms with van der Waals surface area (Å²) in [5.41, 5.74) is 7.67. The molecule has 4 nitrogen and oxygen atoms in total. The van der Waals surface area contributed by atoms with Gasteiger partial charge in [0.1, 0.15) is 0 Å². The number of amides is 1. The van der Waals surface area contributed by atoms with Crippen LogP contribution < -0.4 is 11.1 Å². The number of carbonyl (C=O) groups is 1. The van der Waals surface area contributed by atoms with Gasteiger partial charge in [0.05, 0.1) is 0 Å². The first-order valence-electron chi connectivity index (χ1n) is 5.68. The highest BCUT2D eigenvalue weighted by molar-refractivity contribution is 9.10. The first kappa shape index (κ1) is 12.4. The van der Waals surface area contributed by atoms with Crippen LogP contribution in [0.4, 0.5) is 5.69 Å². The second-order valence-electron chi connectivity index (χ2n) is 4.23. The fourth-order valence-corrected chi connectivity index (χ4v) is 2.43. The Bertz CT molecular complexity index is 422. The van der Waals surface area contributed by atoms with E-state index in [0.29, 0.717) is 6.42 Å². The lowest BCUT2D eigenvalue weighted by Gasteiger charge is -2.19. The molecule has 1 aromatic carbocycles. The van der Waals surface area contributed by atoms with Gasteiger partial charge in [-0.05, 0) is 17.7 Å². The highest BCUT2D eigenvalue weighted by atomic mass is 79.9. The molecule has 0 saturated carbocycles. The van der Waals surface area contributed by atoms with Gasteiger partial charge in [0.2, 0.25) is 5.91 Å². The van der Waals surface area contributed by atoms with Crippen LogP contribution in [0.2, 0.25) is 0 Å². The summed E-state index contributed by atoms with van der Waals surface area (Å²) in [7, 11) is 0. The molecule has 1 saturated heterocycles. The minimum absolute atomic E-state index is 0.142. The summed E-state index contributed by atoms with van der Waals surface area (Å²) in [5, 5.41) is 2.87. The predicted molar refractivity (Wildman–Crippen MR) is 71.5 cm³/mol. The van der Waals surface area contributed by atoms with Crippen molar-refractivity contribution in [1.29, 1.82) is 0 Å². The molecule has 3 N–H and O–H groups in total. The molecule has 0 atom stereocenters. The van der Waals surface area contributed by atoms with Crippen LogP contribution in [-0.2, 0) is 11.3 Å². The number of rotatable bonds is 2. The molecule has 0 radical (unpaired) electrons. The topological polar surface area (TPSA) is 58.4 Å². The number of nitrogens with two attached hydrogens (primary N) is 1. The van der Waals surface area contributed by atoms with Crippen molar-refractivity contribution in [2.75, 3.05) is 25.4 Å². The summed E-state index contributed by atoms with van der Waals surface area (Å²) >= 11 is 3.52. The van der Waals surface area contributed by atoms with E-state index in [1.807, 2.05) is 18.2 Å². The Morgan fingerprint density at radius 2 is 2.24 bits per heavy atom. The van der Waals surface area contributed by atoms with Crippen molar-refractivity contribution in [2.24, 2.45) is 0 Å². The molecule has 0 aromatic heterocycles. The van der Waals surface area contributed by atoms with Gasteiger partial charge in [0.15, 0.2) is 0 Å². The molecule has 0 aliphatic carbocycles. The monoisotopic (exact) mass is 297 g/mol. The average molecular weight is 298 g/mol. The van der Waals surface area contributed by atoms with E-state index in [2.05, 4.69) is 26.1 Å². The zero-order chi connectivity index (χ0) is 12.3. The van der Waals surface area contributed by atoms with Crippen LogP contribution >= 0.6 is 15.9 Å². The smallest absolute Gasteiger partial charge is 0.221 e. The van der Waals surface area contributed by atoms with Crippen LogP contribution in [0, 0.1) is 0 Å². The predicted octanol–water partition coefficient (Wildman–Crippen LogP) is 1.35. The third-order valence-electron chi connectivity index (χ3n) is 2.88. The lowest BCUT2D eigenvalue weighted by Crippen LogP contribution is -2.28. The molecule has 1 aromatic rings. The fourth-order valence-electron chi connectivity index (χ4n) is 1.90. The maximum absolute atomic E-state index is 11.2. The van der Waals surface area contributed by atoms with Gasteiger partial charge in [0, 0.05) is 42.8 Å². The average Bonchev–Trinajstić information content (AvgIpc) is 2.48. The Kier molecular flexibility index (Phi) is 4.02. The normalized spacial score (nSPS) is 17.6. The Morgan fingerprint density at radius 3 is 3.00 bits per heavy atom. The summed E-state index contributed by atoms with van der Waals surface area (Å²) in [6.45, 7) is 3.27. The van der Waals surface area contributed by atoms with E-state index in [-0.39, 0.29) is 5.91 Å². The van der Waals surface area contributed by atoms with E-state index >= 15 is 0 Å². The molecule has 92 valence electrons. The Labute approximate surface area is 109 Å². The third kappa shape index (κ3) is 3.44. The SMILES string of the molecule is Nc1ccc(CN2CCNC(=O)CC2)c(Br)c1. The van der Waals surface area contributed by atoms with E-state index < -0.39 is 0 Å². The minimum Gasteiger partial charge on any atom is -0.399 e. The Balaban J connectivity index is 2.02. The van der Waals surface area contributed by atoms with Crippen molar-refractivity contribution in [3.63, 3.8) is 0 Å². The number of carbonyl (C=O) groups excluding carboxylic acids is 1. The van der Waals surface area contributed by atoms with Crippen LogP contribution in [0.3, 0.4) is 0 Å². The number of benzene rings is 1. The standard InChI is InChI=1S/C12H16BrN3O/c13-11-7-10(14)2-1-9(11)8-16-5-3-12(17)15-4-6-16/h1-2,7H,3-6,8,14H2,(H,15,17). The second-order valence-corrected chi connectivity index (χ2v) is 5.08. The first-order valence-corrected chi connectivity index (χ1v) is 6.47. The largest absolute Gasteiger partial charge is 0.399 e. The van der Waals surface area contributed by atoms with E-state index in [4.69, 9.17) is 5.73 Å². The number of nitrogens with one attached hydrogen (secondary N) is 1. The van der Waals surface area contributed by atoms with E-state index in [1.54, 1.807) is 0 Å². The van der Waals surface area contributed by atoms with Crippen LogP contribution in [0.15, 0.2) is 22.7 Å². The molecular weight excluding hydrogens is 282 g/mol. The van der Waals surface area contributed by atoms with Gasteiger partial charge in [-0.15, -0.1) is 0 Å². The van der Waals surface area contributed by atoms with Crippen molar-refractivity contribution in [3.05, 3.63) is 28.2 Å². The second kappa shape index (κ2) is 5.51. The van der Waals surface area contributed by atoms with Gasteiger partial charge in [-0.25, -0.2) is 0 Å². The lowest BCUT2D eigenvalue weighted by atomic mass is 10.2. The highest BCUT2D eigenvalue weighted by Gasteiger charge is 2.14. The maximum Gasteiger partial charge on any atom is 0.221 e. The van der Waals surface area contributed by atoms with Crippen molar-refractivity contribution in [1.82, 2.24) is 10.2 Å². The zero-order valence-corrected chi connectivity index (χ0v) is 11.2. The molecule has 17 heavy (non-hydrogen) atoms. The lowest BCUT2D eigenvalue weighted by molar-refractivity contribution is -0.120. The number of anilines is 1. The number of halogens is 1. The van der Waals surface area contributed by atoms with Crippen LogP contribution in [-0.4, -0.2) is 30.4 Å². The van der Waals surface area contributed by atoms with Gasteiger partial charge < -0.3 is 11.1 Å². The minimum atomic E-state index is 0.142. The van der Waals surface area contributed by atoms with Crippen molar-refractivity contribution in [2.45, 2.75) is 13.0 Å². The molecule has 1 aliphatic heterocycles. The number of hydrogen-bond donors (Lipinski definition) is 2. The molecule has 5 heteroatoms. The van der Waals surface area contributed by atoms with Crippen LogP contribution in [0.1, 0.15) is 12.0 Å². The van der Waals surface area contributed by atoms with Gasteiger partial charge in [0.25, 0.3) is 0 Å². The van der Waals surface area contributed by atoms with Gasteiger partial charge in [-0.3, -0.25) is 9.69 Å². The van der Waals surface area contributed by atoms with Crippen molar-refractivity contribution < 1.29 is 4.79 Å². The summed E-state index contributed by atoms with van der Waals surface area (Å²) < 4.78 is 1.03. The van der Waals surface area contributed by atoms with Crippen LogP contribution in [0.5, 0.6) is 0 Å². The van der Waals surface area contributed by atoms with Crippen molar-refractivity contribution in [3.8, 4) is 0 Å². The van der Waals surface area contributed by atoms with Crippen molar-refractivity contribution >= 4 is 27.5 Å². The quantitative estimate of drug-likeness (QED) is 0.810. The molecule has 0 bridgehead atoms. The molecule has 1 amide bonds. The van der Waals surface area contributed by atoms with Gasteiger partial charge in [-0.1, -0.05) is 22.0 Å². The molecule has 1 aliphatic rings. The molecule has 0 unspecified atom stereocenters. The van der Waals surface area contributed by atoms with Gasteiger partial charge in [-0.2, -0.15) is 0 Å². The molecule has 0 spiro atoms. The van der Waals surface area contributed by atoms with Crippen LogP contribution in [0.25, 0.3) is 0 Å². The highest BCUT2D eigenvalue weighted by Crippen LogP contribution is 2.21. The summed E-state index contributed by atoms with van der Waals surface area (Å²) in [5.74, 6) is 0.142. The summed E-state index contributed by atoms with van der Waals surface area (Å²) in [6, 6.07) is 5.84. The molecule has 1 fully saturated rings. The third-order valence-corrected chi connectivity index (χ3v) is 3.61. The molecular formula is C12H16BrN3O. The fraction of sp³-hybridized carbons (Fsp3) is 0.417. The number of hydrogen-bond acceptors (Lipinski definition) is 3. The Hall–Kier alpha value is -1.07. The first-order chi connectivity index (χ1) is 8.15. The molecule has 1 heterocycles. The van der Waals surface area contributed by atoms with E-state index in [9.17, 15) is 4.79 Å². The summed E-state index contributed by atoms with van der Waals surface area (Å²) in [4.78, 5) is 13.5. The zero-order valence-electron chi connectivity index (χ0n) is 9.58. The van der Waals surface area contributed by atoms with E-state index in [1.165, 1.54) is 5.56 Å². The number of nitrogen functional groups attached to an aromatic ring is 1. The molecule has 2 rings (SSSR count). The number of nitrogens with zero attached hydrogens (tertiary/aromatic N) is 1.